The first-order valence-electron chi connectivity index (χ1n) is 4.98. The van der Waals surface area contributed by atoms with Crippen molar-refractivity contribution in [3.05, 3.63) is 34.2 Å². The predicted molar refractivity (Wildman–Crippen MR) is 57.0 cm³/mol. The fraction of sp³-hybridized carbons (Fsp3) is 0.273. The van der Waals surface area contributed by atoms with Gasteiger partial charge >= 0.3 is 5.69 Å². The Morgan fingerprint density at radius 3 is 2.75 bits per heavy atom. The molecule has 1 heterocycles. The molecule has 0 aliphatic rings. The van der Waals surface area contributed by atoms with Crippen molar-refractivity contribution in [1.29, 1.82) is 0 Å². The molecule has 2 N–H and O–H groups in total. The van der Waals surface area contributed by atoms with Crippen LogP contribution in [0, 0.1) is 0 Å². The number of carbonyl (C=O) groups excluding carboxylic acids is 1. The first kappa shape index (κ1) is 10.5. The summed E-state index contributed by atoms with van der Waals surface area (Å²) < 4.78 is 0. The molecule has 0 amide bonds. The Morgan fingerprint density at radius 1 is 1.38 bits per heavy atom. The number of hydrogen-bond acceptors (Lipinski definition) is 3. The van der Waals surface area contributed by atoms with Crippen LogP contribution in [0.3, 0.4) is 0 Å². The highest BCUT2D eigenvalue weighted by Gasteiger charge is 2.07. The molecule has 5 heteroatoms. The first-order valence-corrected chi connectivity index (χ1v) is 4.98. The van der Waals surface area contributed by atoms with E-state index in [0.717, 1.165) is 11.1 Å². The molecule has 0 unspecified atom stereocenters. The minimum absolute atomic E-state index is 0.0276. The van der Waals surface area contributed by atoms with Crippen LogP contribution in [-0.4, -0.2) is 15.9 Å². The molecule has 84 valence electrons. The summed E-state index contributed by atoms with van der Waals surface area (Å²) >= 11 is 0. The van der Waals surface area contributed by atoms with E-state index in [1.54, 1.807) is 18.2 Å². The van der Waals surface area contributed by atoms with Crippen molar-refractivity contribution < 1.29 is 9.90 Å². The summed E-state index contributed by atoms with van der Waals surface area (Å²) in [6.45, 7) is 1.81. The first-order chi connectivity index (χ1) is 7.56. The van der Waals surface area contributed by atoms with Crippen molar-refractivity contribution in [3.63, 3.8) is 0 Å². The van der Waals surface area contributed by atoms with E-state index < -0.39 is 5.97 Å². The maximum Gasteiger partial charge on any atom is 0.323 e. The van der Waals surface area contributed by atoms with Gasteiger partial charge in [-0.2, -0.15) is 0 Å². The summed E-state index contributed by atoms with van der Waals surface area (Å²) in [7, 11) is 0. The maximum atomic E-state index is 11.0. The van der Waals surface area contributed by atoms with E-state index >= 15 is 0 Å². The van der Waals surface area contributed by atoms with E-state index in [1.165, 1.54) is 0 Å². The van der Waals surface area contributed by atoms with Crippen LogP contribution in [0.4, 0.5) is 0 Å². The zero-order valence-electron chi connectivity index (χ0n) is 8.74. The molecule has 5 nitrogen and oxygen atoms in total. The molecule has 0 saturated carbocycles. The lowest BCUT2D eigenvalue weighted by molar-refractivity contribution is -0.306. The molecule has 16 heavy (non-hydrogen) atoms. The number of H-pyrrole nitrogens is 2. The molecule has 1 atom stereocenters. The van der Waals surface area contributed by atoms with Crippen molar-refractivity contribution >= 4 is 17.0 Å². The number of hydrogen-bond donors (Lipinski definition) is 2. The van der Waals surface area contributed by atoms with Gasteiger partial charge < -0.3 is 19.9 Å². The van der Waals surface area contributed by atoms with E-state index in [9.17, 15) is 14.7 Å². The fourth-order valence-electron chi connectivity index (χ4n) is 1.72. The quantitative estimate of drug-likeness (QED) is 0.767. The van der Waals surface area contributed by atoms with Crippen molar-refractivity contribution in [1.82, 2.24) is 9.97 Å². The van der Waals surface area contributed by atoms with Gasteiger partial charge in [0.2, 0.25) is 0 Å². The highest BCUT2D eigenvalue weighted by Crippen LogP contribution is 2.21. The van der Waals surface area contributed by atoms with Gasteiger partial charge in [-0.05, 0) is 30.0 Å². The minimum atomic E-state index is -1.07. The molecule has 0 bridgehead atoms. The van der Waals surface area contributed by atoms with Crippen LogP contribution in [0.2, 0.25) is 0 Å². The number of carbonyl (C=O) groups is 1. The van der Waals surface area contributed by atoms with Crippen molar-refractivity contribution in [2.24, 2.45) is 0 Å². The third-order valence-electron chi connectivity index (χ3n) is 2.58. The lowest BCUT2D eigenvalue weighted by atomic mass is 9.97. The average Bonchev–Trinajstić information content (AvgIpc) is 2.55. The molecule has 0 aliphatic heterocycles. The standard InChI is InChI=1S/C11H12N2O3/c1-6(4-10(14)15)7-2-3-8-9(5-7)13-11(16)12-8/h2-3,5-6H,4H2,1H3,(H,14,15)(H2,12,13,16)/p-1/t6-/m1/s1. The number of fused-ring (bicyclic) bond motifs is 1. The topological polar surface area (TPSA) is 88.8 Å². The van der Waals surface area contributed by atoms with Crippen LogP contribution in [0.5, 0.6) is 0 Å². The molecular formula is C11H11N2O3-. The van der Waals surface area contributed by atoms with Gasteiger partial charge in [0.05, 0.1) is 11.0 Å². The summed E-state index contributed by atoms with van der Waals surface area (Å²) in [6.07, 6.45) is -0.0276. The number of carboxylic acids is 1. The van der Waals surface area contributed by atoms with Crippen molar-refractivity contribution in [2.45, 2.75) is 19.3 Å². The summed E-state index contributed by atoms with van der Waals surface area (Å²) in [5.74, 6) is -1.21. The monoisotopic (exact) mass is 219 g/mol. The number of nitrogens with one attached hydrogen (secondary N) is 2. The van der Waals surface area contributed by atoms with Crippen molar-refractivity contribution in [2.75, 3.05) is 0 Å². The number of rotatable bonds is 3. The molecule has 1 aromatic carbocycles. The van der Waals surface area contributed by atoms with Crippen LogP contribution >= 0.6 is 0 Å². The van der Waals surface area contributed by atoms with Gasteiger partial charge in [-0.15, -0.1) is 0 Å². The number of benzene rings is 1. The zero-order valence-corrected chi connectivity index (χ0v) is 8.74. The molecule has 2 rings (SSSR count). The Hall–Kier alpha value is -2.04. The largest absolute Gasteiger partial charge is 0.550 e. The Labute approximate surface area is 91.1 Å². The van der Waals surface area contributed by atoms with E-state index in [4.69, 9.17) is 0 Å². The van der Waals surface area contributed by atoms with E-state index in [1.807, 2.05) is 6.92 Å². The number of carboxylic acid groups (broad SMARTS) is 1. The second-order valence-electron chi connectivity index (χ2n) is 3.86. The van der Waals surface area contributed by atoms with Gasteiger partial charge in [-0.1, -0.05) is 13.0 Å². The Kier molecular flexibility index (Phi) is 2.52. The highest BCUT2D eigenvalue weighted by molar-refractivity contribution is 5.75. The number of aliphatic carboxylic acids is 1. The zero-order chi connectivity index (χ0) is 11.7. The predicted octanol–water partition coefficient (Wildman–Crippen LogP) is 0.0997. The summed E-state index contributed by atoms with van der Waals surface area (Å²) in [5, 5.41) is 10.5. The maximum absolute atomic E-state index is 11.0. The van der Waals surface area contributed by atoms with Crippen LogP contribution in [0.15, 0.2) is 23.0 Å². The SMILES string of the molecule is C[C@H](CC(=O)[O-])c1ccc2[nH]c(=O)[nH]c2c1. The summed E-state index contributed by atoms with van der Waals surface area (Å²) in [4.78, 5) is 26.8. The molecule has 0 aliphatic carbocycles. The van der Waals surface area contributed by atoms with Gasteiger partial charge in [0.1, 0.15) is 0 Å². The molecule has 0 saturated heterocycles. The van der Waals surface area contributed by atoms with E-state index in [2.05, 4.69) is 9.97 Å². The van der Waals surface area contributed by atoms with Gasteiger partial charge in [0.25, 0.3) is 0 Å². The number of aromatic amines is 2. The van der Waals surface area contributed by atoms with E-state index in [0.29, 0.717) is 5.52 Å². The summed E-state index contributed by atoms with van der Waals surface area (Å²) in [5.41, 5.74) is 2.01. The molecule has 0 radical (unpaired) electrons. The van der Waals surface area contributed by atoms with Gasteiger partial charge in [-0.25, -0.2) is 4.79 Å². The molecule has 0 fully saturated rings. The molecule has 1 aromatic heterocycles. The highest BCUT2D eigenvalue weighted by atomic mass is 16.4. The molecular weight excluding hydrogens is 208 g/mol. The van der Waals surface area contributed by atoms with E-state index in [-0.39, 0.29) is 18.0 Å². The third-order valence-corrected chi connectivity index (χ3v) is 2.58. The second kappa shape index (κ2) is 3.84. The second-order valence-corrected chi connectivity index (χ2v) is 3.86. The Bertz CT molecular complexity index is 582. The van der Waals surface area contributed by atoms with Crippen LogP contribution in [0.1, 0.15) is 24.8 Å². The minimum Gasteiger partial charge on any atom is -0.550 e. The smallest absolute Gasteiger partial charge is 0.323 e. The average molecular weight is 219 g/mol. The lowest BCUT2D eigenvalue weighted by Crippen LogP contribution is -2.23. The molecule has 2 aromatic rings. The fourth-order valence-corrected chi connectivity index (χ4v) is 1.72. The molecule has 0 spiro atoms. The number of aromatic nitrogens is 2. The van der Waals surface area contributed by atoms with Crippen LogP contribution in [-0.2, 0) is 4.79 Å². The third kappa shape index (κ3) is 1.98. The summed E-state index contributed by atoms with van der Waals surface area (Å²) in [6, 6.07) is 5.34. The van der Waals surface area contributed by atoms with Gasteiger partial charge in [0.15, 0.2) is 0 Å². The van der Waals surface area contributed by atoms with Gasteiger partial charge in [0, 0.05) is 5.97 Å². The normalized spacial score (nSPS) is 12.8. The van der Waals surface area contributed by atoms with Crippen LogP contribution in [0.25, 0.3) is 11.0 Å². The van der Waals surface area contributed by atoms with Gasteiger partial charge in [-0.3, -0.25) is 0 Å². The Balaban J connectivity index is 2.38. The van der Waals surface area contributed by atoms with Crippen LogP contribution < -0.4 is 10.8 Å². The Morgan fingerprint density at radius 2 is 2.06 bits per heavy atom. The number of imidazole rings is 1. The lowest BCUT2D eigenvalue weighted by Gasteiger charge is -2.12. The van der Waals surface area contributed by atoms with Crippen molar-refractivity contribution in [3.8, 4) is 0 Å².